The van der Waals surface area contributed by atoms with Crippen molar-refractivity contribution in [1.82, 2.24) is 4.90 Å². The molecule has 0 amide bonds. The van der Waals surface area contributed by atoms with Crippen molar-refractivity contribution in [1.29, 1.82) is 0 Å². The molecule has 0 aromatic rings. The Kier molecular flexibility index (Phi) is 5.58. The van der Waals surface area contributed by atoms with Crippen molar-refractivity contribution >= 4 is 0 Å². The van der Waals surface area contributed by atoms with Gasteiger partial charge in [0.1, 0.15) is 0 Å². The van der Waals surface area contributed by atoms with Gasteiger partial charge in [0.2, 0.25) is 0 Å². The summed E-state index contributed by atoms with van der Waals surface area (Å²) in [4.78, 5) is 2.44. The van der Waals surface area contributed by atoms with Crippen molar-refractivity contribution in [2.75, 3.05) is 20.2 Å². The molecule has 1 fully saturated rings. The standard InChI is InChI=1S/C12H26N2O/c1-10(13)6-4-5-8-14(3)12-7-9-15-11(12)2/h10-12H,4-9,13H2,1-3H3. The predicted octanol–water partition coefficient (Wildman–Crippen LogP) is 1.61. The first-order valence-corrected chi connectivity index (χ1v) is 6.18. The minimum absolute atomic E-state index is 0.351. The lowest BCUT2D eigenvalue weighted by Gasteiger charge is -2.26. The van der Waals surface area contributed by atoms with Gasteiger partial charge < -0.3 is 15.4 Å². The number of hydrogen-bond acceptors (Lipinski definition) is 3. The Labute approximate surface area is 94.0 Å². The fraction of sp³-hybridized carbons (Fsp3) is 1.00. The maximum absolute atomic E-state index is 5.72. The molecule has 0 aromatic carbocycles. The quantitative estimate of drug-likeness (QED) is 0.683. The molecule has 0 radical (unpaired) electrons. The number of nitrogens with two attached hydrogens (primary N) is 1. The summed E-state index contributed by atoms with van der Waals surface area (Å²) in [5.41, 5.74) is 5.72. The van der Waals surface area contributed by atoms with Gasteiger partial charge in [-0.3, -0.25) is 0 Å². The van der Waals surface area contributed by atoms with Gasteiger partial charge in [0.15, 0.2) is 0 Å². The zero-order chi connectivity index (χ0) is 11.3. The molecule has 0 bridgehead atoms. The lowest BCUT2D eigenvalue weighted by Crippen LogP contribution is -2.37. The fourth-order valence-corrected chi connectivity index (χ4v) is 2.29. The number of unbranched alkanes of at least 4 members (excludes halogenated alkanes) is 1. The van der Waals surface area contributed by atoms with Gasteiger partial charge in [0.25, 0.3) is 0 Å². The Morgan fingerprint density at radius 3 is 2.73 bits per heavy atom. The summed E-state index contributed by atoms with van der Waals surface area (Å²) in [7, 11) is 2.21. The van der Waals surface area contributed by atoms with E-state index in [4.69, 9.17) is 10.5 Å². The van der Waals surface area contributed by atoms with Gasteiger partial charge in [-0.2, -0.15) is 0 Å². The number of ether oxygens (including phenoxy) is 1. The average molecular weight is 214 g/mol. The molecular formula is C12H26N2O. The molecule has 3 atom stereocenters. The molecule has 0 spiro atoms. The number of likely N-dealkylation sites (N-methyl/N-ethyl adjacent to an activating group) is 1. The largest absolute Gasteiger partial charge is 0.377 e. The molecule has 15 heavy (non-hydrogen) atoms. The van der Waals surface area contributed by atoms with Crippen molar-refractivity contribution in [2.45, 2.75) is 57.7 Å². The molecule has 1 aliphatic rings. The third-order valence-corrected chi connectivity index (χ3v) is 3.32. The van der Waals surface area contributed by atoms with Gasteiger partial charge >= 0.3 is 0 Å². The Hall–Kier alpha value is -0.120. The molecule has 1 heterocycles. The van der Waals surface area contributed by atoms with E-state index in [0.29, 0.717) is 18.2 Å². The molecule has 2 N–H and O–H groups in total. The van der Waals surface area contributed by atoms with Gasteiger partial charge in [-0.05, 0) is 46.7 Å². The summed E-state index contributed by atoms with van der Waals surface area (Å²) in [5, 5.41) is 0. The SMILES string of the molecule is CC(N)CCCCN(C)C1CCOC1C. The minimum atomic E-state index is 0.351. The van der Waals surface area contributed by atoms with E-state index in [1.807, 2.05) is 0 Å². The van der Waals surface area contributed by atoms with Gasteiger partial charge in [-0.25, -0.2) is 0 Å². The molecule has 0 aromatic heterocycles. The molecule has 3 unspecified atom stereocenters. The Balaban J connectivity index is 2.10. The van der Waals surface area contributed by atoms with Gasteiger partial charge in [0, 0.05) is 18.7 Å². The van der Waals surface area contributed by atoms with Crippen LogP contribution in [0.3, 0.4) is 0 Å². The second-order valence-corrected chi connectivity index (χ2v) is 4.89. The highest BCUT2D eigenvalue weighted by Crippen LogP contribution is 2.18. The third-order valence-electron chi connectivity index (χ3n) is 3.32. The van der Waals surface area contributed by atoms with E-state index in [2.05, 4.69) is 25.8 Å². The summed E-state index contributed by atoms with van der Waals surface area (Å²) in [6, 6.07) is 0.976. The second-order valence-electron chi connectivity index (χ2n) is 4.89. The molecule has 3 nitrogen and oxygen atoms in total. The predicted molar refractivity (Wildman–Crippen MR) is 63.9 cm³/mol. The van der Waals surface area contributed by atoms with Gasteiger partial charge in [0.05, 0.1) is 6.10 Å². The van der Waals surface area contributed by atoms with E-state index < -0.39 is 0 Å². The van der Waals surface area contributed by atoms with E-state index in [0.717, 1.165) is 13.0 Å². The van der Waals surface area contributed by atoms with Crippen molar-refractivity contribution in [2.24, 2.45) is 5.73 Å². The van der Waals surface area contributed by atoms with Crippen molar-refractivity contribution < 1.29 is 4.74 Å². The smallest absolute Gasteiger partial charge is 0.0702 e. The van der Waals surface area contributed by atoms with Gasteiger partial charge in [-0.15, -0.1) is 0 Å². The van der Waals surface area contributed by atoms with Crippen LogP contribution in [0.1, 0.15) is 39.5 Å². The fourth-order valence-electron chi connectivity index (χ4n) is 2.29. The molecule has 1 saturated heterocycles. The third kappa shape index (κ3) is 4.49. The summed E-state index contributed by atoms with van der Waals surface area (Å²) in [5.74, 6) is 0. The lowest BCUT2D eigenvalue weighted by molar-refractivity contribution is 0.0831. The maximum Gasteiger partial charge on any atom is 0.0702 e. The van der Waals surface area contributed by atoms with E-state index in [1.165, 1.54) is 25.8 Å². The highest BCUT2D eigenvalue weighted by atomic mass is 16.5. The topological polar surface area (TPSA) is 38.5 Å². The van der Waals surface area contributed by atoms with E-state index >= 15 is 0 Å². The molecule has 0 aliphatic carbocycles. The number of nitrogens with zero attached hydrogens (tertiary/aromatic N) is 1. The van der Waals surface area contributed by atoms with Crippen LogP contribution in [-0.2, 0) is 4.74 Å². The minimum Gasteiger partial charge on any atom is -0.377 e. The zero-order valence-corrected chi connectivity index (χ0v) is 10.4. The molecule has 1 rings (SSSR count). The molecule has 90 valence electrons. The van der Waals surface area contributed by atoms with Crippen LogP contribution < -0.4 is 5.73 Å². The summed E-state index contributed by atoms with van der Waals surface area (Å²) in [6.45, 7) is 6.35. The van der Waals surface area contributed by atoms with Crippen LogP contribution in [0, 0.1) is 0 Å². The monoisotopic (exact) mass is 214 g/mol. The first-order valence-electron chi connectivity index (χ1n) is 6.18. The molecular weight excluding hydrogens is 188 g/mol. The lowest BCUT2D eigenvalue weighted by atomic mass is 10.1. The van der Waals surface area contributed by atoms with Crippen molar-refractivity contribution in [3.8, 4) is 0 Å². The second kappa shape index (κ2) is 6.46. The highest BCUT2D eigenvalue weighted by molar-refractivity contribution is 4.80. The Morgan fingerprint density at radius 2 is 2.20 bits per heavy atom. The van der Waals surface area contributed by atoms with Crippen LogP contribution in [0.4, 0.5) is 0 Å². The number of hydrogen-bond donors (Lipinski definition) is 1. The molecule has 0 saturated carbocycles. The van der Waals surface area contributed by atoms with Crippen LogP contribution in [0.25, 0.3) is 0 Å². The average Bonchev–Trinajstić information content (AvgIpc) is 2.58. The first-order chi connectivity index (χ1) is 7.11. The molecule has 3 heteroatoms. The number of rotatable bonds is 6. The Bertz CT molecular complexity index is 173. The van der Waals surface area contributed by atoms with Crippen LogP contribution in [0.15, 0.2) is 0 Å². The summed E-state index contributed by atoms with van der Waals surface area (Å²) < 4.78 is 5.57. The van der Waals surface area contributed by atoms with E-state index in [1.54, 1.807) is 0 Å². The van der Waals surface area contributed by atoms with E-state index in [-0.39, 0.29) is 0 Å². The molecule has 1 aliphatic heterocycles. The van der Waals surface area contributed by atoms with Crippen LogP contribution in [0.2, 0.25) is 0 Å². The van der Waals surface area contributed by atoms with Gasteiger partial charge in [-0.1, -0.05) is 6.42 Å². The van der Waals surface area contributed by atoms with Crippen LogP contribution >= 0.6 is 0 Å². The zero-order valence-electron chi connectivity index (χ0n) is 10.4. The summed E-state index contributed by atoms with van der Waals surface area (Å²) in [6.07, 6.45) is 5.23. The van der Waals surface area contributed by atoms with E-state index in [9.17, 15) is 0 Å². The van der Waals surface area contributed by atoms with Crippen LogP contribution in [-0.4, -0.2) is 43.3 Å². The van der Waals surface area contributed by atoms with Crippen LogP contribution in [0.5, 0.6) is 0 Å². The summed E-state index contributed by atoms with van der Waals surface area (Å²) >= 11 is 0. The van der Waals surface area contributed by atoms with Crippen molar-refractivity contribution in [3.63, 3.8) is 0 Å². The van der Waals surface area contributed by atoms with Crippen molar-refractivity contribution in [3.05, 3.63) is 0 Å². The first kappa shape index (κ1) is 12.9. The Morgan fingerprint density at radius 1 is 1.47 bits per heavy atom. The normalized spacial score (nSPS) is 28.6. The highest BCUT2D eigenvalue weighted by Gasteiger charge is 2.27. The maximum atomic E-state index is 5.72.